The summed E-state index contributed by atoms with van der Waals surface area (Å²) in [4.78, 5) is 0. The summed E-state index contributed by atoms with van der Waals surface area (Å²) in [5.74, 6) is 6.48. The van der Waals surface area contributed by atoms with Crippen LogP contribution in [0.25, 0.3) is 0 Å². The number of hydrogen-bond acceptors (Lipinski definition) is 3. The molecule has 1 saturated carbocycles. The lowest BCUT2D eigenvalue weighted by Crippen LogP contribution is -2.57. The quantitative estimate of drug-likeness (QED) is 0.634. The molecule has 0 spiro atoms. The molecule has 0 heterocycles. The zero-order valence-corrected chi connectivity index (χ0v) is 14.2. The number of halogens is 2. The minimum atomic E-state index is -0.238. The summed E-state index contributed by atoms with van der Waals surface area (Å²) < 4.78 is 5.93. The Morgan fingerprint density at radius 2 is 2.24 bits per heavy atom. The fraction of sp³-hybridized carbons (Fsp3) is 0.625. The van der Waals surface area contributed by atoms with Crippen molar-refractivity contribution < 1.29 is 4.74 Å². The van der Waals surface area contributed by atoms with Gasteiger partial charge in [-0.25, -0.2) is 0 Å². The first kappa shape index (κ1) is 17.0. The first-order chi connectivity index (χ1) is 10.0. The minimum Gasteiger partial charge on any atom is -0.377 e. The maximum Gasteiger partial charge on any atom is 0.0850 e. The standard InChI is InChI=1S/C16H24Cl2N2O/c1-11-5-4-8-16(10-11,21-2)14(20-19)9-12-6-3-7-13(17)15(12)18/h3,6-7,11,14,20H,4-5,8-10,19H2,1-2H3. The van der Waals surface area contributed by atoms with Crippen molar-refractivity contribution in [1.29, 1.82) is 0 Å². The first-order valence-corrected chi connectivity index (χ1v) is 8.22. The van der Waals surface area contributed by atoms with Crippen molar-refractivity contribution >= 4 is 23.2 Å². The molecule has 21 heavy (non-hydrogen) atoms. The fourth-order valence-corrected chi connectivity index (χ4v) is 3.91. The van der Waals surface area contributed by atoms with E-state index in [9.17, 15) is 0 Å². The van der Waals surface area contributed by atoms with Crippen LogP contribution >= 0.6 is 23.2 Å². The highest BCUT2D eigenvalue weighted by molar-refractivity contribution is 6.42. The summed E-state index contributed by atoms with van der Waals surface area (Å²) in [5, 5.41) is 1.18. The predicted octanol–water partition coefficient (Wildman–Crippen LogP) is 3.96. The molecule has 1 fully saturated rings. The lowest BCUT2D eigenvalue weighted by atomic mass is 9.73. The third-order valence-corrected chi connectivity index (χ3v) is 5.55. The van der Waals surface area contributed by atoms with Gasteiger partial charge in [0.05, 0.1) is 21.7 Å². The third kappa shape index (κ3) is 3.72. The van der Waals surface area contributed by atoms with Crippen LogP contribution in [-0.4, -0.2) is 18.8 Å². The Kier molecular flexibility index (Phi) is 5.92. The number of hydrogen-bond donors (Lipinski definition) is 2. The van der Waals surface area contributed by atoms with Gasteiger partial charge in [0, 0.05) is 7.11 Å². The predicted molar refractivity (Wildman–Crippen MR) is 88.6 cm³/mol. The number of rotatable bonds is 5. The molecule has 0 bridgehead atoms. The van der Waals surface area contributed by atoms with Gasteiger partial charge in [0.15, 0.2) is 0 Å². The van der Waals surface area contributed by atoms with Crippen molar-refractivity contribution in [2.24, 2.45) is 11.8 Å². The van der Waals surface area contributed by atoms with E-state index < -0.39 is 0 Å². The number of ether oxygens (including phenoxy) is 1. The van der Waals surface area contributed by atoms with Crippen LogP contribution in [0.5, 0.6) is 0 Å². The number of hydrazine groups is 1. The summed E-state index contributed by atoms with van der Waals surface area (Å²) >= 11 is 12.4. The van der Waals surface area contributed by atoms with Crippen LogP contribution in [0.15, 0.2) is 18.2 Å². The van der Waals surface area contributed by atoms with E-state index in [0.29, 0.717) is 22.4 Å². The lowest BCUT2D eigenvalue weighted by Gasteiger charge is -2.44. The van der Waals surface area contributed by atoms with Crippen LogP contribution in [-0.2, 0) is 11.2 Å². The molecule has 3 atom stereocenters. The van der Waals surface area contributed by atoms with E-state index in [2.05, 4.69) is 12.3 Å². The summed E-state index contributed by atoms with van der Waals surface area (Å²) in [6, 6.07) is 5.72. The number of methoxy groups -OCH3 is 1. The Bertz CT molecular complexity index is 483. The average molecular weight is 331 g/mol. The van der Waals surface area contributed by atoms with Gasteiger partial charge in [0.25, 0.3) is 0 Å². The molecule has 1 aromatic rings. The zero-order valence-electron chi connectivity index (χ0n) is 12.7. The molecule has 2 rings (SSSR count). The number of nitrogens with two attached hydrogens (primary N) is 1. The van der Waals surface area contributed by atoms with Crippen LogP contribution in [0, 0.1) is 5.92 Å². The molecule has 3 nitrogen and oxygen atoms in total. The van der Waals surface area contributed by atoms with Crippen LogP contribution in [0.1, 0.15) is 38.2 Å². The Labute approximate surface area is 137 Å². The van der Waals surface area contributed by atoms with Crippen molar-refractivity contribution in [3.8, 4) is 0 Å². The molecule has 0 amide bonds. The summed E-state index contributed by atoms with van der Waals surface area (Å²) in [6.45, 7) is 2.27. The number of benzene rings is 1. The minimum absolute atomic E-state index is 0.0150. The van der Waals surface area contributed by atoms with E-state index in [1.165, 1.54) is 6.42 Å². The van der Waals surface area contributed by atoms with E-state index in [0.717, 1.165) is 24.8 Å². The normalized spacial score (nSPS) is 27.6. The van der Waals surface area contributed by atoms with Gasteiger partial charge in [-0.15, -0.1) is 0 Å². The maximum atomic E-state index is 6.31. The van der Waals surface area contributed by atoms with E-state index in [1.807, 2.05) is 12.1 Å². The Morgan fingerprint density at radius 3 is 2.86 bits per heavy atom. The van der Waals surface area contributed by atoms with Crippen LogP contribution in [0.4, 0.5) is 0 Å². The van der Waals surface area contributed by atoms with Gasteiger partial charge in [-0.05, 0) is 36.8 Å². The Hall–Kier alpha value is -0.320. The largest absolute Gasteiger partial charge is 0.377 e. The molecule has 0 radical (unpaired) electrons. The van der Waals surface area contributed by atoms with Crippen molar-refractivity contribution in [3.63, 3.8) is 0 Å². The van der Waals surface area contributed by atoms with Crippen molar-refractivity contribution in [2.75, 3.05) is 7.11 Å². The van der Waals surface area contributed by atoms with Crippen LogP contribution < -0.4 is 11.3 Å². The molecule has 0 aromatic heterocycles. The number of nitrogens with one attached hydrogen (secondary N) is 1. The van der Waals surface area contributed by atoms with Crippen LogP contribution in [0.3, 0.4) is 0 Å². The SMILES string of the molecule is COC1(C(Cc2cccc(Cl)c2Cl)NN)CCCC(C)C1. The first-order valence-electron chi connectivity index (χ1n) is 7.46. The van der Waals surface area contributed by atoms with Gasteiger partial charge in [-0.2, -0.15) is 0 Å². The van der Waals surface area contributed by atoms with Crippen molar-refractivity contribution in [2.45, 2.75) is 50.7 Å². The second-order valence-corrected chi connectivity index (χ2v) is 6.89. The summed E-state index contributed by atoms with van der Waals surface area (Å²) in [6.07, 6.45) is 5.14. The fourth-order valence-electron chi connectivity index (χ4n) is 3.51. The molecule has 1 aromatic carbocycles. The van der Waals surface area contributed by atoms with E-state index in [4.69, 9.17) is 33.8 Å². The molecule has 0 aliphatic heterocycles. The molecule has 118 valence electrons. The summed E-state index contributed by atoms with van der Waals surface area (Å²) in [5.41, 5.74) is 3.72. The maximum absolute atomic E-state index is 6.31. The van der Waals surface area contributed by atoms with Gasteiger partial charge in [0.1, 0.15) is 0 Å². The summed E-state index contributed by atoms with van der Waals surface area (Å²) in [7, 11) is 1.78. The topological polar surface area (TPSA) is 47.3 Å². The lowest BCUT2D eigenvalue weighted by molar-refractivity contribution is -0.0791. The third-order valence-electron chi connectivity index (χ3n) is 4.69. The average Bonchev–Trinajstić information content (AvgIpc) is 2.48. The molecular weight excluding hydrogens is 307 g/mol. The highest BCUT2D eigenvalue weighted by atomic mass is 35.5. The van der Waals surface area contributed by atoms with Gasteiger partial charge in [0.2, 0.25) is 0 Å². The second-order valence-electron chi connectivity index (χ2n) is 6.11. The molecule has 3 N–H and O–H groups in total. The van der Waals surface area contributed by atoms with E-state index in [1.54, 1.807) is 13.2 Å². The highest BCUT2D eigenvalue weighted by Crippen LogP contribution is 2.39. The van der Waals surface area contributed by atoms with Crippen molar-refractivity contribution in [3.05, 3.63) is 33.8 Å². The molecular formula is C16H24Cl2N2O. The molecule has 3 unspecified atom stereocenters. The molecule has 5 heteroatoms. The van der Waals surface area contributed by atoms with E-state index in [-0.39, 0.29) is 11.6 Å². The van der Waals surface area contributed by atoms with Gasteiger partial charge in [-0.1, -0.05) is 55.1 Å². The molecule has 0 saturated heterocycles. The smallest absolute Gasteiger partial charge is 0.0850 e. The Morgan fingerprint density at radius 1 is 1.48 bits per heavy atom. The highest BCUT2D eigenvalue weighted by Gasteiger charge is 2.42. The van der Waals surface area contributed by atoms with Gasteiger partial charge < -0.3 is 4.74 Å². The van der Waals surface area contributed by atoms with E-state index >= 15 is 0 Å². The van der Waals surface area contributed by atoms with Gasteiger partial charge >= 0.3 is 0 Å². The second kappa shape index (κ2) is 7.30. The molecule has 1 aliphatic carbocycles. The molecule has 1 aliphatic rings. The monoisotopic (exact) mass is 330 g/mol. The Balaban J connectivity index is 2.23. The van der Waals surface area contributed by atoms with Crippen LogP contribution in [0.2, 0.25) is 10.0 Å². The zero-order chi connectivity index (χ0) is 15.5. The van der Waals surface area contributed by atoms with Gasteiger partial charge in [-0.3, -0.25) is 11.3 Å². The van der Waals surface area contributed by atoms with Crippen molar-refractivity contribution in [1.82, 2.24) is 5.43 Å².